The van der Waals surface area contributed by atoms with Gasteiger partial charge < -0.3 is 10.6 Å². The minimum atomic E-state index is -0.218. The molecule has 3 heteroatoms. The maximum Gasteiger partial charge on any atom is 0.241 e. The summed E-state index contributed by atoms with van der Waals surface area (Å²) in [4.78, 5) is 13.1. The first-order chi connectivity index (χ1) is 6.27. The lowest BCUT2D eigenvalue weighted by Gasteiger charge is -2.37. The number of nitrogens with two attached hydrogens (primary N) is 1. The van der Waals surface area contributed by atoms with Crippen LogP contribution in [-0.4, -0.2) is 29.9 Å². The van der Waals surface area contributed by atoms with Crippen molar-refractivity contribution in [2.75, 3.05) is 13.1 Å². The van der Waals surface area contributed by atoms with Gasteiger partial charge in [0.2, 0.25) is 5.91 Å². The maximum absolute atomic E-state index is 11.2. The lowest BCUT2D eigenvalue weighted by atomic mass is 9.97. The van der Waals surface area contributed by atoms with E-state index in [0.29, 0.717) is 0 Å². The van der Waals surface area contributed by atoms with Gasteiger partial charge in [-0.2, -0.15) is 0 Å². The number of hydrogen-bond acceptors (Lipinski definition) is 2. The second kappa shape index (κ2) is 3.50. The normalized spacial score (nSPS) is 28.4. The van der Waals surface area contributed by atoms with Crippen LogP contribution in [0.4, 0.5) is 0 Å². The van der Waals surface area contributed by atoms with Crippen molar-refractivity contribution in [3.63, 3.8) is 0 Å². The van der Waals surface area contributed by atoms with Crippen LogP contribution in [0.3, 0.4) is 0 Å². The molecule has 1 fully saturated rings. The van der Waals surface area contributed by atoms with Gasteiger partial charge in [0.25, 0.3) is 0 Å². The summed E-state index contributed by atoms with van der Waals surface area (Å²) in [5, 5.41) is 0. The molecular formula is C10H16N2O. The predicted molar refractivity (Wildman–Crippen MR) is 51.1 cm³/mol. The summed E-state index contributed by atoms with van der Waals surface area (Å²) in [6, 6.07) is -0.218. The van der Waals surface area contributed by atoms with Gasteiger partial charge in [0.05, 0.1) is 0 Å². The van der Waals surface area contributed by atoms with E-state index in [4.69, 9.17) is 5.73 Å². The number of nitrogens with zero attached hydrogens (tertiary/aromatic N) is 1. The Hall–Kier alpha value is -0.830. The Labute approximate surface area is 78.6 Å². The third-order valence-corrected chi connectivity index (χ3v) is 2.82. The molecule has 0 aromatic heterocycles. The lowest BCUT2D eigenvalue weighted by molar-refractivity contribution is -0.141. The lowest BCUT2D eigenvalue weighted by Crippen LogP contribution is -2.61. The van der Waals surface area contributed by atoms with E-state index in [0.717, 1.165) is 13.1 Å². The molecule has 1 aliphatic heterocycles. The highest BCUT2D eigenvalue weighted by atomic mass is 16.2. The molecule has 13 heavy (non-hydrogen) atoms. The monoisotopic (exact) mass is 180 g/mol. The minimum absolute atomic E-state index is 0.117. The summed E-state index contributed by atoms with van der Waals surface area (Å²) >= 11 is 0. The van der Waals surface area contributed by atoms with E-state index in [2.05, 4.69) is 6.08 Å². The van der Waals surface area contributed by atoms with E-state index in [-0.39, 0.29) is 11.9 Å². The van der Waals surface area contributed by atoms with Crippen LogP contribution < -0.4 is 5.73 Å². The molecular weight excluding hydrogens is 164 g/mol. The zero-order valence-electron chi connectivity index (χ0n) is 7.83. The molecule has 1 aliphatic carbocycles. The van der Waals surface area contributed by atoms with Gasteiger partial charge in [-0.15, -0.1) is 0 Å². The van der Waals surface area contributed by atoms with Crippen LogP contribution in [0, 0.1) is 0 Å². The molecule has 2 aliphatic rings. The summed E-state index contributed by atoms with van der Waals surface area (Å²) in [7, 11) is 0. The van der Waals surface area contributed by atoms with Crippen LogP contribution in [0.15, 0.2) is 11.6 Å². The van der Waals surface area contributed by atoms with Crippen molar-refractivity contribution in [1.82, 2.24) is 4.90 Å². The van der Waals surface area contributed by atoms with Crippen LogP contribution >= 0.6 is 0 Å². The highest BCUT2D eigenvalue weighted by Gasteiger charge is 2.33. The van der Waals surface area contributed by atoms with Crippen molar-refractivity contribution in [2.45, 2.75) is 31.7 Å². The molecule has 0 spiro atoms. The SMILES string of the molecule is NC1CN(CC2=CCCCC2)C1=O. The average molecular weight is 180 g/mol. The number of hydrogen-bond donors (Lipinski definition) is 1. The van der Waals surface area contributed by atoms with Crippen LogP contribution in [0.1, 0.15) is 25.7 Å². The Morgan fingerprint density at radius 1 is 1.54 bits per heavy atom. The number of carbonyl (C=O) groups is 1. The van der Waals surface area contributed by atoms with Crippen molar-refractivity contribution >= 4 is 5.91 Å². The van der Waals surface area contributed by atoms with E-state index in [1.165, 1.54) is 31.3 Å². The first-order valence-electron chi connectivity index (χ1n) is 4.99. The molecule has 1 saturated heterocycles. The summed E-state index contributed by atoms with van der Waals surface area (Å²) in [6.07, 6.45) is 7.21. The van der Waals surface area contributed by atoms with Gasteiger partial charge in [0.1, 0.15) is 6.04 Å². The third kappa shape index (κ3) is 1.75. The molecule has 0 aromatic carbocycles. The van der Waals surface area contributed by atoms with Gasteiger partial charge in [-0.3, -0.25) is 4.79 Å². The van der Waals surface area contributed by atoms with Crippen LogP contribution in [0.2, 0.25) is 0 Å². The summed E-state index contributed by atoms with van der Waals surface area (Å²) in [5.41, 5.74) is 6.93. The van der Waals surface area contributed by atoms with Gasteiger partial charge in [0, 0.05) is 13.1 Å². The van der Waals surface area contributed by atoms with Gasteiger partial charge in [0.15, 0.2) is 0 Å². The molecule has 0 aromatic rings. The molecule has 1 unspecified atom stereocenters. The Morgan fingerprint density at radius 2 is 2.38 bits per heavy atom. The maximum atomic E-state index is 11.2. The standard InChI is InChI=1S/C10H16N2O/c11-9-7-12(10(9)13)6-8-4-2-1-3-5-8/h4,9H,1-3,5-7,11H2. The Balaban J connectivity index is 1.85. The molecule has 2 N–H and O–H groups in total. The number of allylic oxidation sites excluding steroid dienone is 1. The highest BCUT2D eigenvalue weighted by molar-refractivity contribution is 5.87. The summed E-state index contributed by atoms with van der Waals surface area (Å²) in [5.74, 6) is 0.117. The zero-order chi connectivity index (χ0) is 9.26. The van der Waals surface area contributed by atoms with Gasteiger partial charge in [-0.25, -0.2) is 0 Å². The second-order valence-corrected chi connectivity index (χ2v) is 3.93. The number of amides is 1. The van der Waals surface area contributed by atoms with E-state index >= 15 is 0 Å². The number of carbonyl (C=O) groups excluding carboxylic acids is 1. The van der Waals surface area contributed by atoms with Gasteiger partial charge >= 0.3 is 0 Å². The molecule has 1 heterocycles. The smallest absolute Gasteiger partial charge is 0.241 e. The highest BCUT2D eigenvalue weighted by Crippen LogP contribution is 2.20. The van der Waals surface area contributed by atoms with Crippen molar-refractivity contribution in [3.05, 3.63) is 11.6 Å². The topological polar surface area (TPSA) is 46.3 Å². The molecule has 0 bridgehead atoms. The molecule has 1 atom stereocenters. The summed E-state index contributed by atoms with van der Waals surface area (Å²) in [6.45, 7) is 1.57. The van der Waals surface area contributed by atoms with Crippen LogP contribution in [0.5, 0.6) is 0 Å². The fraction of sp³-hybridized carbons (Fsp3) is 0.700. The minimum Gasteiger partial charge on any atom is -0.335 e. The molecule has 0 radical (unpaired) electrons. The average Bonchev–Trinajstić information content (AvgIpc) is 2.19. The molecule has 0 saturated carbocycles. The number of rotatable bonds is 2. The van der Waals surface area contributed by atoms with E-state index in [9.17, 15) is 4.79 Å². The fourth-order valence-corrected chi connectivity index (χ4v) is 1.96. The van der Waals surface area contributed by atoms with Crippen molar-refractivity contribution in [2.24, 2.45) is 5.73 Å². The predicted octanol–water partition coefficient (Wildman–Crippen LogP) is 0.656. The first kappa shape index (κ1) is 8.75. The van der Waals surface area contributed by atoms with E-state index in [1.807, 2.05) is 4.90 Å². The Bertz CT molecular complexity index is 247. The van der Waals surface area contributed by atoms with Crippen molar-refractivity contribution in [1.29, 1.82) is 0 Å². The van der Waals surface area contributed by atoms with Crippen LogP contribution in [-0.2, 0) is 4.79 Å². The quantitative estimate of drug-likeness (QED) is 0.501. The molecule has 1 amide bonds. The third-order valence-electron chi connectivity index (χ3n) is 2.82. The van der Waals surface area contributed by atoms with Crippen molar-refractivity contribution in [3.8, 4) is 0 Å². The Kier molecular flexibility index (Phi) is 2.36. The molecule has 72 valence electrons. The molecule has 2 rings (SSSR count). The van der Waals surface area contributed by atoms with E-state index in [1.54, 1.807) is 0 Å². The summed E-state index contributed by atoms with van der Waals surface area (Å²) < 4.78 is 0. The number of β-lactam (4-membered cyclic amide) rings is 1. The fourth-order valence-electron chi connectivity index (χ4n) is 1.96. The second-order valence-electron chi connectivity index (χ2n) is 3.93. The van der Waals surface area contributed by atoms with Crippen molar-refractivity contribution < 1.29 is 4.79 Å². The largest absolute Gasteiger partial charge is 0.335 e. The van der Waals surface area contributed by atoms with Gasteiger partial charge in [-0.1, -0.05) is 11.6 Å². The zero-order valence-corrected chi connectivity index (χ0v) is 7.83. The first-order valence-corrected chi connectivity index (χ1v) is 4.99. The Morgan fingerprint density at radius 3 is 2.92 bits per heavy atom. The molecule has 3 nitrogen and oxygen atoms in total. The number of likely N-dealkylation sites (tertiary alicyclic amines) is 1. The van der Waals surface area contributed by atoms with Crippen LogP contribution in [0.25, 0.3) is 0 Å². The van der Waals surface area contributed by atoms with E-state index < -0.39 is 0 Å². The van der Waals surface area contributed by atoms with Gasteiger partial charge in [-0.05, 0) is 25.7 Å².